The van der Waals surface area contributed by atoms with E-state index in [1.165, 1.54) is 5.56 Å². The molecule has 0 aromatic heterocycles. The molecule has 21 heavy (non-hydrogen) atoms. The Morgan fingerprint density at radius 3 is 2.62 bits per heavy atom. The van der Waals surface area contributed by atoms with Crippen molar-refractivity contribution in [2.75, 3.05) is 19.7 Å². The summed E-state index contributed by atoms with van der Waals surface area (Å²) < 4.78 is 5.73. The van der Waals surface area contributed by atoms with Gasteiger partial charge in [0.25, 0.3) is 0 Å². The Kier molecular flexibility index (Phi) is 5.33. The van der Waals surface area contributed by atoms with Gasteiger partial charge in [-0.25, -0.2) is 0 Å². The van der Waals surface area contributed by atoms with Crippen molar-refractivity contribution in [2.24, 2.45) is 0 Å². The summed E-state index contributed by atoms with van der Waals surface area (Å²) >= 11 is 0. The van der Waals surface area contributed by atoms with Gasteiger partial charge in [-0.05, 0) is 17.5 Å². The highest BCUT2D eigenvalue weighted by molar-refractivity contribution is 5.80. The van der Waals surface area contributed by atoms with Crippen molar-refractivity contribution in [1.82, 2.24) is 4.90 Å². The van der Waals surface area contributed by atoms with E-state index in [-0.39, 0.29) is 24.9 Å². The van der Waals surface area contributed by atoms with Crippen molar-refractivity contribution in [3.63, 3.8) is 0 Å². The fourth-order valence-corrected chi connectivity index (χ4v) is 2.42. The van der Waals surface area contributed by atoms with E-state index in [1.807, 2.05) is 12.1 Å². The lowest BCUT2D eigenvalue weighted by molar-refractivity contribution is -0.144. The molecule has 0 spiro atoms. The van der Waals surface area contributed by atoms with Crippen molar-refractivity contribution < 1.29 is 19.4 Å². The Labute approximate surface area is 124 Å². The summed E-state index contributed by atoms with van der Waals surface area (Å²) in [6.45, 7) is 3.61. The first-order valence-electron chi connectivity index (χ1n) is 7.30. The average Bonchev–Trinajstić information content (AvgIpc) is 2.52. The predicted octanol–water partition coefficient (Wildman–Crippen LogP) is 2.01. The van der Waals surface area contributed by atoms with Crippen LogP contribution in [0.1, 0.15) is 37.0 Å². The number of carbonyl (C=O) groups excluding carboxylic acids is 1. The molecule has 0 bridgehead atoms. The maximum Gasteiger partial charge on any atom is 0.303 e. The van der Waals surface area contributed by atoms with Gasteiger partial charge in [0.2, 0.25) is 5.91 Å². The Morgan fingerprint density at radius 2 is 2.00 bits per heavy atom. The largest absolute Gasteiger partial charge is 0.481 e. The summed E-state index contributed by atoms with van der Waals surface area (Å²) in [5, 5.41) is 8.64. The zero-order chi connectivity index (χ0) is 15.2. The van der Waals surface area contributed by atoms with Crippen LogP contribution in [0.3, 0.4) is 0 Å². The Hall–Kier alpha value is -1.88. The highest BCUT2D eigenvalue weighted by Crippen LogP contribution is 2.23. The molecule has 1 unspecified atom stereocenters. The number of hydrogen-bond acceptors (Lipinski definition) is 3. The van der Waals surface area contributed by atoms with Crippen LogP contribution in [0.4, 0.5) is 0 Å². The summed E-state index contributed by atoms with van der Waals surface area (Å²) in [6, 6.07) is 8.22. The standard InChI is InChI=1S/C16H21NO4/c1-2-12-3-5-13(6-4-12)14-11-17(9-10-21-14)15(18)7-8-16(19)20/h3-6,14H,2,7-11H2,1H3,(H,19,20). The molecule has 1 amide bonds. The normalized spacial score (nSPS) is 18.5. The molecule has 1 aromatic carbocycles. The summed E-state index contributed by atoms with van der Waals surface area (Å²) in [7, 11) is 0. The second-order valence-corrected chi connectivity index (χ2v) is 5.19. The molecular weight excluding hydrogens is 270 g/mol. The number of aryl methyl sites for hydroxylation is 1. The van der Waals surface area contributed by atoms with Gasteiger partial charge in [0.05, 0.1) is 19.6 Å². The van der Waals surface area contributed by atoms with E-state index in [4.69, 9.17) is 9.84 Å². The molecule has 1 N–H and O–H groups in total. The van der Waals surface area contributed by atoms with Crippen LogP contribution in [0.25, 0.3) is 0 Å². The first-order valence-corrected chi connectivity index (χ1v) is 7.30. The third-order valence-electron chi connectivity index (χ3n) is 3.73. The molecule has 1 aliphatic heterocycles. The molecule has 0 radical (unpaired) electrons. The third-order valence-corrected chi connectivity index (χ3v) is 3.73. The third kappa shape index (κ3) is 4.29. The van der Waals surface area contributed by atoms with E-state index < -0.39 is 5.97 Å². The lowest BCUT2D eigenvalue weighted by Crippen LogP contribution is -2.42. The molecule has 0 saturated carbocycles. The SMILES string of the molecule is CCc1ccc(C2CN(C(=O)CCC(=O)O)CCO2)cc1. The van der Waals surface area contributed by atoms with E-state index in [2.05, 4.69) is 19.1 Å². The van der Waals surface area contributed by atoms with Crippen LogP contribution >= 0.6 is 0 Å². The molecule has 2 rings (SSSR count). The summed E-state index contributed by atoms with van der Waals surface area (Å²) in [6.07, 6.45) is 0.799. The molecule has 1 aromatic rings. The fraction of sp³-hybridized carbons (Fsp3) is 0.500. The Morgan fingerprint density at radius 1 is 1.29 bits per heavy atom. The number of nitrogens with zero attached hydrogens (tertiary/aromatic N) is 1. The summed E-state index contributed by atoms with van der Waals surface area (Å²) in [5.74, 6) is -1.06. The summed E-state index contributed by atoms with van der Waals surface area (Å²) in [5.41, 5.74) is 2.33. The first-order chi connectivity index (χ1) is 10.1. The zero-order valence-electron chi connectivity index (χ0n) is 12.2. The molecule has 114 valence electrons. The van der Waals surface area contributed by atoms with Crippen LogP contribution in [0.15, 0.2) is 24.3 Å². The Bertz CT molecular complexity index is 498. The molecule has 5 heteroatoms. The molecule has 1 heterocycles. The number of carboxylic acid groups (broad SMARTS) is 1. The van der Waals surface area contributed by atoms with Crippen molar-refractivity contribution in [3.05, 3.63) is 35.4 Å². The van der Waals surface area contributed by atoms with Crippen LogP contribution in [-0.4, -0.2) is 41.6 Å². The van der Waals surface area contributed by atoms with Crippen LogP contribution in [0.5, 0.6) is 0 Å². The minimum atomic E-state index is -0.941. The number of ether oxygens (including phenoxy) is 1. The van der Waals surface area contributed by atoms with Gasteiger partial charge in [-0.15, -0.1) is 0 Å². The quantitative estimate of drug-likeness (QED) is 0.901. The lowest BCUT2D eigenvalue weighted by Gasteiger charge is -2.33. The minimum absolute atomic E-state index is 0.0524. The van der Waals surface area contributed by atoms with Crippen molar-refractivity contribution in [3.8, 4) is 0 Å². The minimum Gasteiger partial charge on any atom is -0.481 e. The Balaban J connectivity index is 1.96. The van der Waals surface area contributed by atoms with Gasteiger partial charge in [0.15, 0.2) is 0 Å². The predicted molar refractivity (Wildman–Crippen MR) is 78.0 cm³/mol. The van der Waals surface area contributed by atoms with E-state index in [9.17, 15) is 9.59 Å². The van der Waals surface area contributed by atoms with E-state index in [1.54, 1.807) is 4.90 Å². The van der Waals surface area contributed by atoms with E-state index >= 15 is 0 Å². The van der Waals surface area contributed by atoms with Crippen molar-refractivity contribution >= 4 is 11.9 Å². The second-order valence-electron chi connectivity index (χ2n) is 5.19. The van der Waals surface area contributed by atoms with Gasteiger partial charge >= 0.3 is 5.97 Å². The molecule has 1 atom stereocenters. The number of benzene rings is 1. The zero-order valence-corrected chi connectivity index (χ0v) is 12.2. The number of amides is 1. The average molecular weight is 291 g/mol. The second kappa shape index (κ2) is 7.22. The molecule has 0 aliphatic carbocycles. The molecule has 5 nitrogen and oxygen atoms in total. The van der Waals surface area contributed by atoms with Crippen molar-refractivity contribution in [1.29, 1.82) is 0 Å². The number of rotatable bonds is 5. The monoisotopic (exact) mass is 291 g/mol. The van der Waals surface area contributed by atoms with Gasteiger partial charge in [-0.2, -0.15) is 0 Å². The molecule has 1 fully saturated rings. The number of carboxylic acids is 1. The maximum atomic E-state index is 12.0. The first kappa shape index (κ1) is 15.5. The van der Waals surface area contributed by atoms with Gasteiger partial charge in [-0.3, -0.25) is 9.59 Å². The van der Waals surface area contributed by atoms with E-state index in [0.717, 1.165) is 12.0 Å². The fourth-order valence-electron chi connectivity index (χ4n) is 2.42. The van der Waals surface area contributed by atoms with Crippen LogP contribution in [-0.2, 0) is 20.7 Å². The number of morpholine rings is 1. The smallest absolute Gasteiger partial charge is 0.303 e. The number of hydrogen-bond donors (Lipinski definition) is 1. The highest BCUT2D eigenvalue weighted by Gasteiger charge is 2.25. The van der Waals surface area contributed by atoms with E-state index in [0.29, 0.717) is 19.7 Å². The number of aliphatic carboxylic acids is 1. The van der Waals surface area contributed by atoms with Crippen LogP contribution in [0, 0.1) is 0 Å². The number of carbonyl (C=O) groups is 2. The molecule has 1 aliphatic rings. The van der Waals surface area contributed by atoms with Crippen LogP contribution in [0.2, 0.25) is 0 Å². The maximum absolute atomic E-state index is 12.0. The van der Waals surface area contributed by atoms with Gasteiger partial charge < -0.3 is 14.7 Å². The molecular formula is C16H21NO4. The van der Waals surface area contributed by atoms with Gasteiger partial charge in [-0.1, -0.05) is 31.2 Å². The van der Waals surface area contributed by atoms with Crippen molar-refractivity contribution in [2.45, 2.75) is 32.3 Å². The van der Waals surface area contributed by atoms with Crippen LogP contribution < -0.4 is 0 Å². The molecule has 1 saturated heterocycles. The lowest BCUT2D eigenvalue weighted by atomic mass is 10.0. The highest BCUT2D eigenvalue weighted by atomic mass is 16.5. The van der Waals surface area contributed by atoms with Gasteiger partial charge in [0.1, 0.15) is 6.10 Å². The van der Waals surface area contributed by atoms with Gasteiger partial charge in [0, 0.05) is 13.0 Å². The summed E-state index contributed by atoms with van der Waals surface area (Å²) in [4.78, 5) is 24.2. The topological polar surface area (TPSA) is 66.8 Å².